The molecule has 36 heavy (non-hydrogen) atoms. The molecule has 1 aliphatic rings. The molecular weight excluding hydrogens is 519 g/mol. The van der Waals surface area contributed by atoms with E-state index in [0.717, 1.165) is 44.0 Å². The molecule has 1 aliphatic heterocycles. The fourth-order valence-electron chi connectivity index (χ4n) is 3.96. The molecule has 4 rings (SSSR count). The first kappa shape index (κ1) is 26.0. The average Bonchev–Trinajstić information content (AvgIpc) is 3.36. The van der Waals surface area contributed by atoms with Gasteiger partial charge in [-0.15, -0.1) is 0 Å². The lowest BCUT2D eigenvalue weighted by Gasteiger charge is -2.36. The Hall–Kier alpha value is -3.07. The Morgan fingerprint density at radius 3 is 2.42 bits per heavy atom. The highest BCUT2D eigenvalue weighted by Crippen LogP contribution is 2.31. The minimum atomic E-state index is -0.482. The molecule has 7 nitrogen and oxygen atoms in total. The number of thiocarbonyl (C=S) groups is 1. The highest BCUT2D eigenvalue weighted by molar-refractivity contribution is 7.80. The Kier molecular flexibility index (Phi) is 8.51. The number of furan rings is 1. The second-order valence-electron chi connectivity index (χ2n) is 8.36. The van der Waals surface area contributed by atoms with Gasteiger partial charge < -0.3 is 19.5 Å². The lowest BCUT2D eigenvalue weighted by atomic mass is 10.2. The van der Waals surface area contributed by atoms with Crippen molar-refractivity contribution in [1.82, 2.24) is 10.2 Å². The number of hydrogen-bond acceptors (Lipinski definition) is 5. The third-order valence-corrected chi connectivity index (χ3v) is 6.61. The van der Waals surface area contributed by atoms with E-state index in [-0.39, 0.29) is 16.8 Å². The van der Waals surface area contributed by atoms with Gasteiger partial charge in [0, 0.05) is 54.6 Å². The molecule has 0 saturated carbocycles. The van der Waals surface area contributed by atoms with Gasteiger partial charge in [0.1, 0.15) is 5.76 Å². The largest absolute Gasteiger partial charge is 0.451 e. The fraction of sp³-hybridized carbons (Fsp3) is 0.269. The lowest BCUT2D eigenvalue weighted by Crippen LogP contribution is -2.48. The van der Waals surface area contributed by atoms with E-state index in [0.29, 0.717) is 27.8 Å². The van der Waals surface area contributed by atoms with Gasteiger partial charge in [0.2, 0.25) is 5.91 Å². The Labute approximate surface area is 225 Å². The number of anilines is 2. The van der Waals surface area contributed by atoms with Crippen LogP contribution in [0, 0.1) is 0 Å². The van der Waals surface area contributed by atoms with Crippen molar-refractivity contribution in [3.63, 3.8) is 0 Å². The standard InChI is InChI=1S/C26H26Cl2N4O3S/c1-2-3-24(33)32-14-12-31(13-15-32)19-7-5-18(6-8-19)29-26(36)30-25(34)23-11-10-22(35-23)20-16-17(27)4-9-21(20)28/h4-11,16H,2-3,12-15H2,1H3,(H2,29,30,34,36). The molecule has 0 unspecified atom stereocenters. The molecule has 0 bridgehead atoms. The van der Waals surface area contributed by atoms with Gasteiger partial charge in [-0.3, -0.25) is 14.9 Å². The fourth-order valence-corrected chi connectivity index (χ4v) is 4.55. The van der Waals surface area contributed by atoms with Crippen LogP contribution in [0.4, 0.5) is 11.4 Å². The molecule has 1 fully saturated rings. The monoisotopic (exact) mass is 544 g/mol. The Morgan fingerprint density at radius 2 is 1.72 bits per heavy atom. The number of benzene rings is 2. The summed E-state index contributed by atoms with van der Waals surface area (Å²) in [5, 5.41) is 6.76. The highest BCUT2D eigenvalue weighted by atomic mass is 35.5. The molecule has 0 spiro atoms. The van der Waals surface area contributed by atoms with Crippen LogP contribution >= 0.6 is 35.4 Å². The summed E-state index contributed by atoms with van der Waals surface area (Å²) in [6.07, 6.45) is 1.48. The molecule has 188 valence electrons. The molecule has 1 aromatic heterocycles. The van der Waals surface area contributed by atoms with E-state index in [2.05, 4.69) is 15.5 Å². The van der Waals surface area contributed by atoms with Crippen LogP contribution in [0.1, 0.15) is 30.3 Å². The number of rotatable bonds is 6. The second-order valence-corrected chi connectivity index (χ2v) is 9.61. The molecule has 10 heteroatoms. The molecule has 0 aliphatic carbocycles. The Bertz CT molecular complexity index is 1250. The maximum absolute atomic E-state index is 12.6. The van der Waals surface area contributed by atoms with Crippen LogP contribution in [0.25, 0.3) is 11.3 Å². The smallest absolute Gasteiger partial charge is 0.293 e. The van der Waals surface area contributed by atoms with E-state index in [9.17, 15) is 9.59 Å². The number of hydrogen-bond donors (Lipinski definition) is 2. The van der Waals surface area contributed by atoms with E-state index in [4.69, 9.17) is 39.8 Å². The molecule has 2 heterocycles. The van der Waals surface area contributed by atoms with E-state index < -0.39 is 5.91 Å². The first-order valence-corrected chi connectivity index (χ1v) is 12.8. The van der Waals surface area contributed by atoms with Gasteiger partial charge in [-0.05, 0) is 73.2 Å². The molecule has 0 radical (unpaired) electrons. The number of carbonyl (C=O) groups is 2. The molecule has 1 saturated heterocycles. The van der Waals surface area contributed by atoms with E-state index in [1.807, 2.05) is 36.1 Å². The van der Waals surface area contributed by atoms with Gasteiger partial charge in [0.05, 0.1) is 5.02 Å². The summed E-state index contributed by atoms with van der Waals surface area (Å²) in [5.74, 6) is 0.269. The SMILES string of the molecule is CCCC(=O)N1CCN(c2ccc(NC(=S)NC(=O)c3ccc(-c4cc(Cl)ccc4Cl)o3)cc2)CC1. The number of carbonyl (C=O) groups excluding carboxylic acids is 2. The van der Waals surface area contributed by atoms with Crippen molar-refractivity contribution in [3.05, 3.63) is 70.4 Å². The number of nitrogens with zero attached hydrogens (tertiary/aromatic N) is 2. The van der Waals surface area contributed by atoms with Gasteiger partial charge in [-0.1, -0.05) is 30.1 Å². The Morgan fingerprint density at radius 1 is 1.00 bits per heavy atom. The highest BCUT2D eigenvalue weighted by Gasteiger charge is 2.21. The van der Waals surface area contributed by atoms with Crippen molar-refractivity contribution in [2.75, 3.05) is 36.4 Å². The van der Waals surface area contributed by atoms with Crippen LogP contribution in [0.5, 0.6) is 0 Å². The number of amides is 2. The lowest BCUT2D eigenvalue weighted by molar-refractivity contribution is -0.131. The Balaban J connectivity index is 1.30. The van der Waals surface area contributed by atoms with Gasteiger partial charge >= 0.3 is 0 Å². The number of nitrogens with one attached hydrogen (secondary N) is 2. The van der Waals surface area contributed by atoms with Crippen molar-refractivity contribution < 1.29 is 14.0 Å². The van der Waals surface area contributed by atoms with Crippen molar-refractivity contribution >= 4 is 63.7 Å². The molecular formula is C26H26Cl2N4O3S. The normalized spacial score (nSPS) is 13.4. The zero-order chi connectivity index (χ0) is 25.7. The second kappa shape index (κ2) is 11.8. The summed E-state index contributed by atoms with van der Waals surface area (Å²) in [6, 6.07) is 16.0. The molecule has 2 aromatic carbocycles. The molecule has 2 N–H and O–H groups in total. The zero-order valence-corrected chi connectivity index (χ0v) is 22.1. The predicted octanol–water partition coefficient (Wildman–Crippen LogP) is 5.83. The minimum Gasteiger partial charge on any atom is -0.451 e. The summed E-state index contributed by atoms with van der Waals surface area (Å²) in [5.41, 5.74) is 2.41. The number of piperazine rings is 1. The first-order valence-electron chi connectivity index (χ1n) is 11.6. The van der Waals surface area contributed by atoms with Crippen LogP contribution in [0.3, 0.4) is 0 Å². The third-order valence-electron chi connectivity index (χ3n) is 5.84. The van der Waals surface area contributed by atoms with Crippen LogP contribution < -0.4 is 15.5 Å². The molecule has 2 amide bonds. The number of halogens is 2. The van der Waals surface area contributed by atoms with Crippen LogP contribution in [-0.2, 0) is 4.79 Å². The van der Waals surface area contributed by atoms with E-state index >= 15 is 0 Å². The van der Waals surface area contributed by atoms with Crippen molar-refractivity contribution in [2.45, 2.75) is 19.8 Å². The summed E-state index contributed by atoms with van der Waals surface area (Å²) < 4.78 is 5.66. The van der Waals surface area contributed by atoms with Crippen LogP contribution in [-0.4, -0.2) is 48.0 Å². The van der Waals surface area contributed by atoms with Crippen molar-refractivity contribution in [2.24, 2.45) is 0 Å². The molecule has 0 atom stereocenters. The predicted molar refractivity (Wildman–Crippen MR) is 148 cm³/mol. The van der Waals surface area contributed by atoms with Crippen molar-refractivity contribution in [1.29, 1.82) is 0 Å². The van der Waals surface area contributed by atoms with Gasteiger partial charge in [0.25, 0.3) is 5.91 Å². The maximum Gasteiger partial charge on any atom is 0.293 e. The maximum atomic E-state index is 12.6. The average molecular weight is 545 g/mol. The van der Waals surface area contributed by atoms with Crippen molar-refractivity contribution in [3.8, 4) is 11.3 Å². The van der Waals surface area contributed by atoms with Crippen LogP contribution in [0.2, 0.25) is 10.0 Å². The first-order chi connectivity index (χ1) is 17.3. The summed E-state index contributed by atoms with van der Waals surface area (Å²) in [7, 11) is 0. The summed E-state index contributed by atoms with van der Waals surface area (Å²) >= 11 is 17.6. The minimum absolute atomic E-state index is 0.0945. The molecule has 3 aromatic rings. The van der Waals surface area contributed by atoms with Gasteiger partial charge in [-0.25, -0.2) is 0 Å². The van der Waals surface area contributed by atoms with Gasteiger partial charge in [-0.2, -0.15) is 0 Å². The summed E-state index contributed by atoms with van der Waals surface area (Å²) in [4.78, 5) is 28.9. The third kappa shape index (κ3) is 6.37. The summed E-state index contributed by atoms with van der Waals surface area (Å²) in [6.45, 7) is 5.07. The quantitative estimate of drug-likeness (QED) is 0.380. The van der Waals surface area contributed by atoms with Crippen LogP contribution in [0.15, 0.2) is 59.0 Å². The zero-order valence-electron chi connectivity index (χ0n) is 19.7. The van der Waals surface area contributed by atoms with E-state index in [1.54, 1.807) is 30.3 Å². The van der Waals surface area contributed by atoms with Gasteiger partial charge in [0.15, 0.2) is 10.9 Å². The topological polar surface area (TPSA) is 77.8 Å². The van der Waals surface area contributed by atoms with E-state index in [1.165, 1.54) is 0 Å².